The van der Waals surface area contributed by atoms with Crippen LogP contribution in [0.3, 0.4) is 0 Å². The van der Waals surface area contributed by atoms with Crippen molar-refractivity contribution in [1.29, 1.82) is 0 Å². The molecule has 7 heteroatoms. The molecule has 4 aromatic rings. The zero-order chi connectivity index (χ0) is 22.0. The molecule has 31 heavy (non-hydrogen) atoms. The first-order valence-corrected chi connectivity index (χ1v) is 9.84. The Balaban J connectivity index is 1.61. The van der Waals surface area contributed by atoms with Crippen LogP contribution in [0.5, 0.6) is 0 Å². The molecule has 0 saturated heterocycles. The van der Waals surface area contributed by atoms with Crippen LogP contribution < -0.4 is 5.32 Å². The van der Waals surface area contributed by atoms with Crippen LogP contribution in [0.25, 0.3) is 22.4 Å². The Morgan fingerprint density at radius 3 is 2.48 bits per heavy atom. The Morgan fingerprint density at radius 1 is 1.03 bits per heavy atom. The van der Waals surface area contributed by atoms with E-state index in [9.17, 15) is 9.59 Å². The summed E-state index contributed by atoms with van der Waals surface area (Å²) in [4.78, 5) is 30.1. The van der Waals surface area contributed by atoms with E-state index in [1.54, 1.807) is 19.1 Å². The number of hydrogen-bond donors (Lipinski definition) is 1. The van der Waals surface area contributed by atoms with E-state index in [2.05, 4.69) is 15.5 Å². The molecular formula is C24H21N3O4. The Labute approximate surface area is 179 Å². The number of hydrogen-bond acceptors (Lipinski definition) is 6. The first-order chi connectivity index (χ1) is 14.9. The summed E-state index contributed by atoms with van der Waals surface area (Å²) < 4.78 is 10.8. The second-order valence-corrected chi connectivity index (χ2v) is 7.22. The van der Waals surface area contributed by atoms with Gasteiger partial charge in [-0.15, -0.1) is 0 Å². The molecule has 1 amide bonds. The van der Waals surface area contributed by atoms with Crippen molar-refractivity contribution in [3.8, 4) is 11.3 Å². The SMILES string of the molecule is Cc1ccccc1NC(=O)C(C)OC(=O)c1cc(-c2ccccc2)nc2onc(C)c12. The number of amides is 1. The van der Waals surface area contributed by atoms with Gasteiger partial charge in [-0.1, -0.05) is 53.7 Å². The van der Waals surface area contributed by atoms with E-state index >= 15 is 0 Å². The number of benzene rings is 2. The van der Waals surface area contributed by atoms with Crippen molar-refractivity contribution >= 4 is 28.7 Å². The summed E-state index contributed by atoms with van der Waals surface area (Å²) >= 11 is 0. The van der Waals surface area contributed by atoms with Gasteiger partial charge in [0.2, 0.25) is 0 Å². The van der Waals surface area contributed by atoms with Crippen molar-refractivity contribution in [2.45, 2.75) is 26.9 Å². The quantitative estimate of drug-likeness (QED) is 0.475. The van der Waals surface area contributed by atoms with Gasteiger partial charge in [-0.2, -0.15) is 0 Å². The third kappa shape index (κ3) is 4.16. The van der Waals surface area contributed by atoms with Crippen LogP contribution in [0.15, 0.2) is 65.2 Å². The van der Waals surface area contributed by atoms with Crippen LogP contribution in [0, 0.1) is 13.8 Å². The second kappa shape index (κ2) is 8.39. The predicted molar refractivity (Wildman–Crippen MR) is 117 cm³/mol. The average Bonchev–Trinajstić information content (AvgIpc) is 3.16. The van der Waals surface area contributed by atoms with Crippen molar-refractivity contribution in [1.82, 2.24) is 10.1 Å². The fourth-order valence-electron chi connectivity index (χ4n) is 3.24. The number of carbonyl (C=O) groups excluding carboxylic acids is 2. The summed E-state index contributed by atoms with van der Waals surface area (Å²) in [5, 5.41) is 7.19. The Morgan fingerprint density at radius 2 is 1.74 bits per heavy atom. The van der Waals surface area contributed by atoms with Crippen LogP contribution >= 0.6 is 0 Å². The molecule has 4 rings (SSSR count). The maximum Gasteiger partial charge on any atom is 0.339 e. The van der Waals surface area contributed by atoms with Crippen molar-refractivity contribution in [3.05, 3.63) is 77.5 Å². The van der Waals surface area contributed by atoms with Gasteiger partial charge in [-0.25, -0.2) is 9.78 Å². The summed E-state index contributed by atoms with van der Waals surface area (Å²) in [5.74, 6) is -1.07. The molecule has 0 radical (unpaired) electrons. The first-order valence-electron chi connectivity index (χ1n) is 9.84. The van der Waals surface area contributed by atoms with E-state index < -0.39 is 18.0 Å². The highest BCUT2D eigenvalue weighted by molar-refractivity contribution is 6.05. The molecule has 0 saturated carbocycles. The van der Waals surface area contributed by atoms with E-state index in [0.29, 0.717) is 22.5 Å². The summed E-state index contributed by atoms with van der Waals surface area (Å²) in [7, 11) is 0. The predicted octanol–water partition coefficient (Wildman–Crippen LogP) is 4.69. The smallest absolute Gasteiger partial charge is 0.339 e. The Kier molecular flexibility index (Phi) is 5.49. The Hall–Kier alpha value is -4.00. The molecule has 7 nitrogen and oxygen atoms in total. The molecular weight excluding hydrogens is 394 g/mol. The lowest BCUT2D eigenvalue weighted by molar-refractivity contribution is -0.123. The molecule has 1 atom stereocenters. The zero-order valence-electron chi connectivity index (χ0n) is 17.4. The van der Waals surface area contributed by atoms with E-state index in [0.717, 1.165) is 11.1 Å². The molecule has 0 aliphatic heterocycles. The lowest BCUT2D eigenvalue weighted by Gasteiger charge is -2.15. The molecule has 0 spiro atoms. The minimum atomic E-state index is -1.00. The number of para-hydroxylation sites is 1. The molecule has 0 aliphatic rings. The number of pyridine rings is 1. The van der Waals surface area contributed by atoms with Crippen molar-refractivity contribution in [3.63, 3.8) is 0 Å². The number of nitrogens with one attached hydrogen (secondary N) is 1. The number of esters is 1. The average molecular weight is 415 g/mol. The maximum atomic E-state index is 13.0. The highest BCUT2D eigenvalue weighted by Gasteiger charge is 2.24. The van der Waals surface area contributed by atoms with E-state index in [1.165, 1.54) is 6.92 Å². The van der Waals surface area contributed by atoms with Crippen molar-refractivity contribution in [2.75, 3.05) is 5.32 Å². The molecule has 1 unspecified atom stereocenters. The van der Waals surface area contributed by atoms with Gasteiger partial charge < -0.3 is 14.6 Å². The highest BCUT2D eigenvalue weighted by Crippen LogP contribution is 2.27. The Bertz CT molecular complexity index is 1260. The van der Waals surface area contributed by atoms with E-state index in [1.807, 2.05) is 55.5 Å². The molecule has 156 valence electrons. The van der Waals surface area contributed by atoms with Gasteiger partial charge >= 0.3 is 5.97 Å². The third-order valence-corrected chi connectivity index (χ3v) is 4.96. The largest absolute Gasteiger partial charge is 0.449 e. The molecule has 0 fully saturated rings. The number of rotatable bonds is 5. The van der Waals surface area contributed by atoms with Gasteiger partial charge in [0.1, 0.15) is 0 Å². The van der Waals surface area contributed by atoms with Gasteiger partial charge in [-0.3, -0.25) is 4.79 Å². The summed E-state index contributed by atoms with van der Waals surface area (Å²) in [5.41, 5.74) is 3.96. The van der Waals surface area contributed by atoms with E-state index in [4.69, 9.17) is 9.26 Å². The van der Waals surface area contributed by atoms with Crippen molar-refractivity contribution < 1.29 is 18.8 Å². The highest BCUT2D eigenvalue weighted by atomic mass is 16.5. The number of ether oxygens (including phenoxy) is 1. The fourth-order valence-corrected chi connectivity index (χ4v) is 3.24. The van der Waals surface area contributed by atoms with Crippen LogP contribution in [-0.4, -0.2) is 28.1 Å². The van der Waals surface area contributed by atoms with Gasteiger partial charge in [-0.05, 0) is 38.5 Å². The topological polar surface area (TPSA) is 94.3 Å². The van der Waals surface area contributed by atoms with Gasteiger partial charge in [0.25, 0.3) is 11.6 Å². The number of fused-ring (bicyclic) bond motifs is 1. The normalized spacial score (nSPS) is 11.8. The van der Waals surface area contributed by atoms with Crippen LogP contribution in [-0.2, 0) is 9.53 Å². The number of aromatic nitrogens is 2. The summed E-state index contributed by atoms with van der Waals surface area (Å²) in [6.07, 6.45) is -1.00. The molecule has 1 N–H and O–H groups in total. The minimum Gasteiger partial charge on any atom is -0.449 e. The van der Waals surface area contributed by atoms with Crippen LogP contribution in [0.2, 0.25) is 0 Å². The summed E-state index contributed by atoms with van der Waals surface area (Å²) in [6.45, 7) is 5.14. The van der Waals surface area contributed by atoms with Gasteiger partial charge in [0.05, 0.1) is 22.3 Å². The van der Waals surface area contributed by atoms with Gasteiger partial charge in [0, 0.05) is 11.3 Å². The molecule has 0 bridgehead atoms. The monoisotopic (exact) mass is 415 g/mol. The molecule has 0 aliphatic carbocycles. The number of aryl methyl sites for hydroxylation is 2. The zero-order valence-corrected chi connectivity index (χ0v) is 17.4. The van der Waals surface area contributed by atoms with E-state index in [-0.39, 0.29) is 11.3 Å². The molecule has 2 aromatic heterocycles. The lowest BCUT2D eigenvalue weighted by Crippen LogP contribution is -2.30. The summed E-state index contributed by atoms with van der Waals surface area (Å²) in [6, 6.07) is 18.4. The van der Waals surface area contributed by atoms with Crippen LogP contribution in [0.4, 0.5) is 5.69 Å². The standard InChI is InChI=1S/C24H21N3O4/c1-14-9-7-8-12-19(14)25-22(28)16(3)30-24(29)18-13-20(17-10-5-4-6-11-17)26-23-21(18)15(2)27-31-23/h4-13,16H,1-3H3,(H,25,28). The second-order valence-electron chi connectivity index (χ2n) is 7.22. The third-order valence-electron chi connectivity index (χ3n) is 4.96. The lowest BCUT2D eigenvalue weighted by atomic mass is 10.1. The van der Waals surface area contributed by atoms with Crippen molar-refractivity contribution in [2.24, 2.45) is 0 Å². The number of anilines is 1. The molecule has 2 aromatic carbocycles. The molecule has 2 heterocycles. The first kappa shape index (κ1) is 20.3. The number of carbonyl (C=O) groups is 2. The maximum absolute atomic E-state index is 13.0. The fraction of sp³-hybridized carbons (Fsp3) is 0.167. The minimum absolute atomic E-state index is 0.239. The van der Waals surface area contributed by atoms with Crippen LogP contribution in [0.1, 0.15) is 28.5 Å². The number of nitrogens with zero attached hydrogens (tertiary/aromatic N) is 2. The van der Waals surface area contributed by atoms with Gasteiger partial charge in [0.15, 0.2) is 6.10 Å².